The standard InChI is InChI=1S/C24H27ClN4/c25-19-16-29(15-4-3-6-17-11-13-26-14-12-17)22-10-5-7-18(23(19)22)24-27-20-8-1-2-9-21(20)28-24/h1-2,5,7-10,16-17,26H,3-4,6,11-15H2,(H,27,28). The van der Waals surface area contributed by atoms with E-state index in [1.807, 2.05) is 18.2 Å². The van der Waals surface area contributed by atoms with Crippen molar-refractivity contribution in [3.05, 3.63) is 53.7 Å². The fraction of sp³-hybridized carbons (Fsp3) is 0.375. The van der Waals surface area contributed by atoms with Gasteiger partial charge in [0, 0.05) is 23.7 Å². The molecule has 0 radical (unpaired) electrons. The normalized spacial score (nSPS) is 15.5. The second kappa shape index (κ2) is 8.21. The Morgan fingerprint density at radius 2 is 1.90 bits per heavy atom. The first-order chi connectivity index (χ1) is 14.3. The Kier molecular flexibility index (Phi) is 5.30. The van der Waals surface area contributed by atoms with E-state index in [0.29, 0.717) is 0 Å². The maximum atomic E-state index is 6.70. The van der Waals surface area contributed by atoms with Crippen LogP contribution in [0.4, 0.5) is 0 Å². The summed E-state index contributed by atoms with van der Waals surface area (Å²) in [7, 11) is 0. The molecule has 29 heavy (non-hydrogen) atoms. The van der Waals surface area contributed by atoms with E-state index < -0.39 is 0 Å². The third-order valence-electron chi connectivity index (χ3n) is 6.22. The van der Waals surface area contributed by atoms with E-state index in [9.17, 15) is 0 Å². The number of piperidine rings is 1. The van der Waals surface area contributed by atoms with Crippen molar-refractivity contribution < 1.29 is 0 Å². The maximum Gasteiger partial charge on any atom is 0.139 e. The number of benzene rings is 2. The second-order valence-corrected chi connectivity index (χ2v) is 8.57. The van der Waals surface area contributed by atoms with Crippen LogP contribution in [0.1, 0.15) is 32.1 Å². The van der Waals surface area contributed by atoms with Gasteiger partial charge in [-0.2, -0.15) is 0 Å². The number of halogens is 1. The molecule has 2 N–H and O–H groups in total. The van der Waals surface area contributed by atoms with Gasteiger partial charge in [0.15, 0.2) is 0 Å². The average Bonchev–Trinajstić information content (AvgIpc) is 3.33. The average molecular weight is 407 g/mol. The van der Waals surface area contributed by atoms with Gasteiger partial charge in [-0.3, -0.25) is 0 Å². The van der Waals surface area contributed by atoms with Crippen molar-refractivity contribution >= 4 is 33.5 Å². The lowest BCUT2D eigenvalue weighted by Crippen LogP contribution is -2.27. The number of nitrogens with one attached hydrogen (secondary N) is 2. The number of aromatic nitrogens is 3. The summed E-state index contributed by atoms with van der Waals surface area (Å²) in [6.45, 7) is 3.39. The van der Waals surface area contributed by atoms with Crippen molar-refractivity contribution in [2.45, 2.75) is 38.6 Å². The minimum atomic E-state index is 0.800. The van der Waals surface area contributed by atoms with Gasteiger partial charge < -0.3 is 14.9 Å². The molecule has 5 heteroatoms. The SMILES string of the molecule is Clc1cn(CCCCC2CCNCC2)c2cccc(-c3nc4ccccc4[nH]3)c12. The molecule has 0 spiro atoms. The fourth-order valence-electron chi connectivity index (χ4n) is 4.65. The molecule has 0 atom stereocenters. The van der Waals surface area contributed by atoms with Crippen LogP contribution in [0.25, 0.3) is 33.3 Å². The van der Waals surface area contributed by atoms with Gasteiger partial charge in [0.1, 0.15) is 5.82 Å². The Hall–Kier alpha value is -2.30. The van der Waals surface area contributed by atoms with E-state index in [2.05, 4.69) is 45.3 Å². The molecule has 1 aliphatic heterocycles. The van der Waals surface area contributed by atoms with E-state index in [-0.39, 0.29) is 0 Å². The number of nitrogens with zero attached hydrogens (tertiary/aromatic N) is 2. The van der Waals surface area contributed by atoms with Crippen molar-refractivity contribution in [1.82, 2.24) is 19.9 Å². The fourth-order valence-corrected chi connectivity index (χ4v) is 4.97. The van der Waals surface area contributed by atoms with Gasteiger partial charge in [-0.15, -0.1) is 0 Å². The van der Waals surface area contributed by atoms with Crippen molar-refractivity contribution in [1.29, 1.82) is 0 Å². The molecule has 0 aliphatic carbocycles. The number of hydrogen-bond acceptors (Lipinski definition) is 2. The van der Waals surface area contributed by atoms with E-state index >= 15 is 0 Å². The third kappa shape index (κ3) is 3.79. The molecular weight excluding hydrogens is 380 g/mol. The van der Waals surface area contributed by atoms with Crippen LogP contribution in [-0.2, 0) is 6.54 Å². The molecule has 5 rings (SSSR count). The van der Waals surface area contributed by atoms with E-state index in [1.54, 1.807) is 0 Å². The summed E-state index contributed by atoms with van der Waals surface area (Å²) >= 11 is 6.70. The van der Waals surface area contributed by atoms with Gasteiger partial charge >= 0.3 is 0 Å². The first-order valence-electron chi connectivity index (χ1n) is 10.7. The summed E-state index contributed by atoms with van der Waals surface area (Å²) in [6, 6.07) is 14.5. The van der Waals surface area contributed by atoms with E-state index in [0.717, 1.165) is 45.3 Å². The van der Waals surface area contributed by atoms with Gasteiger partial charge in [-0.05, 0) is 56.5 Å². The smallest absolute Gasteiger partial charge is 0.139 e. The van der Waals surface area contributed by atoms with Crippen molar-refractivity contribution in [3.63, 3.8) is 0 Å². The molecule has 0 unspecified atom stereocenters. The maximum absolute atomic E-state index is 6.70. The Bertz CT molecular complexity index is 1090. The highest BCUT2D eigenvalue weighted by Gasteiger charge is 2.16. The lowest BCUT2D eigenvalue weighted by atomic mass is 9.92. The highest BCUT2D eigenvalue weighted by Crippen LogP contribution is 2.35. The number of rotatable bonds is 6. The highest BCUT2D eigenvalue weighted by molar-refractivity contribution is 6.36. The quantitative estimate of drug-likeness (QED) is 0.385. The lowest BCUT2D eigenvalue weighted by molar-refractivity contribution is 0.341. The van der Waals surface area contributed by atoms with Crippen LogP contribution in [0.2, 0.25) is 5.02 Å². The van der Waals surface area contributed by atoms with Crippen molar-refractivity contribution in [3.8, 4) is 11.4 Å². The minimum absolute atomic E-state index is 0.800. The molecule has 1 saturated heterocycles. The van der Waals surface area contributed by atoms with Crippen LogP contribution in [0.5, 0.6) is 0 Å². The van der Waals surface area contributed by atoms with Crippen LogP contribution in [0, 0.1) is 5.92 Å². The number of fused-ring (bicyclic) bond motifs is 2. The van der Waals surface area contributed by atoms with Crippen LogP contribution in [0.15, 0.2) is 48.7 Å². The third-order valence-corrected chi connectivity index (χ3v) is 6.51. The van der Waals surface area contributed by atoms with Gasteiger partial charge in [0.25, 0.3) is 0 Å². The monoisotopic (exact) mass is 406 g/mol. The molecule has 0 saturated carbocycles. The van der Waals surface area contributed by atoms with Crippen molar-refractivity contribution in [2.75, 3.05) is 13.1 Å². The van der Waals surface area contributed by atoms with E-state index in [1.165, 1.54) is 50.7 Å². The Balaban J connectivity index is 1.37. The number of hydrogen-bond donors (Lipinski definition) is 2. The number of aromatic amines is 1. The predicted octanol–water partition coefficient (Wildman–Crippen LogP) is 6.01. The largest absolute Gasteiger partial charge is 0.346 e. The molecule has 4 aromatic rings. The molecule has 3 heterocycles. The number of para-hydroxylation sites is 2. The molecule has 1 aliphatic rings. The van der Waals surface area contributed by atoms with Crippen LogP contribution in [-0.4, -0.2) is 27.6 Å². The summed E-state index contributed by atoms with van der Waals surface area (Å²) < 4.78 is 2.31. The molecule has 150 valence electrons. The Labute approximate surface area is 176 Å². The first-order valence-corrected chi connectivity index (χ1v) is 11.1. The summed E-state index contributed by atoms with van der Waals surface area (Å²) in [4.78, 5) is 8.23. The molecule has 2 aromatic heterocycles. The summed E-state index contributed by atoms with van der Waals surface area (Å²) in [5.41, 5.74) is 4.29. The zero-order valence-electron chi connectivity index (χ0n) is 16.6. The molecule has 2 aromatic carbocycles. The Morgan fingerprint density at radius 1 is 1.03 bits per heavy atom. The summed E-state index contributed by atoms with van der Waals surface area (Å²) in [5.74, 6) is 1.78. The van der Waals surface area contributed by atoms with Crippen LogP contribution in [0.3, 0.4) is 0 Å². The van der Waals surface area contributed by atoms with Gasteiger partial charge in [-0.25, -0.2) is 4.98 Å². The molecule has 0 amide bonds. The van der Waals surface area contributed by atoms with Crippen molar-refractivity contribution in [2.24, 2.45) is 5.92 Å². The zero-order chi connectivity index (χ0) is 19.6. The van der Waals surface area contributed by atoms with Crippen LogP contribution < -0.4 is 5.32 Å². The molecule has 4 nitrogen and oxygen atoms in total. The van der Waals surface area contributed by atoms with Gasteiger partial charge in [0.05, 0.1) is 21.6 Å². The Morgan fingerprint density at radius 3 is 2.76 bits per heavy atom. The predicted molar refractivity (Wildman–Crippen MR) is 121 cm³/mol. The molecule has 1 fully saturated rings. The molecular formula is C24H27ClN4. The minimum Gasteiger partial charge on any atom is -0.346 e. The molecule has 0 bridgehead atoms. The number of H-pyrrole nitrogens is 1. The first kappa shape index (κ1) is 18.7. The zero-order valence-corrected chi connectivity index (χ0v) is 17.4. The van der Waals surface area contributed by atoms with E-state index in [4.69, 9.17) is 16.6 Å². The van der Waals surface area contributed by atoms with Crippen LogP contribution >= 0.6 is 11.6 Å². The topological polar surface area (TPSA) is 45.6 Å². The van der Waals surface area contributed by atoms with Gasteiger partial charge in [0.2, 0.25) is 0 Å². The number of imidazole rings is 1. The highest BCUT2D eigenvalue weighted by atomic mass is 35.5. The second-order valence-electron chi connectivity index (χ2n) is 8.16. The van der Waals surface area contributed by atoms with Gasteiger partial charge in [-0.1, -0.05) is 48.7 Å². The lowest BCUT2D eigenvalue weighted by Gasteiger charge is -2.22. The number of aryl methyl sites for hydroxylation is 1. The summed E-state index contributed by atoms with van der Waals surface area (Å²) in [6.07, 6.45) is 8.57. The number of unbranched alkanes of at least 4 members (excludes halogenated alkanes) is 1. The summed E-state index contributed by atoms with van der Waals surface area (Å²) in [5, 5.41) is 5.34.